The second-order valence-electron chi connectivity index (χ2n) is 5.64. The molecule has 1 N–H and O–H groups in total. The monoisotopic (exact) mass is 350 g/mol. The number of hydrogen-bond acceptors (Lipinski definition) is 4. The summed E-state index contributed by atoms with van der Waals surface area (Å²) in [5, 5.41) is 11.4. The van der Waals surface area contributed by atoms with Crippen LogP contribution in [0.4, 0.5) is 0 Å². The third-order valence-electron chi connectivity index (χ3n) is 3.85. The zero-order valence-corrected chi connectivity index (χ0v) is 13.0. The van der Waals surface area contributed by atoms with Gasteiger partial charge in [0, 0.05) is 12.0 Å². The lowest BCUT2D eigenvalue weighted by Gasteiger charge is -2.08. The molecule has 0 saturated heterocycles. The van der Waals surface area contributed by atoms with Gasteiger partial charge in [-0.2, -0.15) is 0 Å². The van der Waals surface area contributed by atoms with Crippen LogP contribution in [-0.2, 0) is 6.54 Å². The number of nitrogens with zero attached hydrogens (tertiary/aromatic N) is 3. The van der Waals surface area contributed by atoms with Crippen LogP contribution >= 0.6 is 15.9 Å². The number of carbonyl (C=O) groups excluding carboxylic acids is 1. The Bertz CT molecular complexity index is 685. The quantitative estimate of drug-likeness (QED) is 0.899. The first-order valence-electron chi connectivity index (χ1n) is 7.19. The summed E-state index contributed by atoms with van der Waals surface area (Å²) in [5.74, 6) is 2.57. The Labute approximate surface area is 130 Å². The smallest absolute Gasteiger partial charge is 0.287 e. The van der Waals surface area contributed by atoms with Crippen LogP contribution < -0.4 is 5.32 Å². The Balaban J connectivity index is 1.48. The van der Waals surface area contributed by atoms with Crippen molar-refractivity contribution in [2.75, 3.05) is 0 Å². The van der Waals surface area contributed by atoms with E-state index < -0.39 is 0 Å². The molecule has 2 fully saturated rings. The molecule has 0 atom stereocenters. The van der Waals surface area contributed by atoms with E-state index in [0.717, 1.165) is 11.6 Å². The number of nitrogens with one attached hydrogen (secondary N) is 1. The highest BCUT2D eigenvalue weighted by Gasteiger charge is 2.36. The highest BCUT2D eigenvalue weighted by atomic mass is 79.9. The standard InChI is InChI=1S/C14H15BrN4O2/c15-11-6-5-10(21-11)14(20)16-7-12-17-18-13(8-1-2-8)19(12)9-3-4-9/h5-6,8-9H,1-4,7H2,(H,16,20). The normalized spacial score (nSPS) is 18.0. The SMILES string of the molecule is O=C(NCc1nnc(C2CC2)n1C1CC1)c1ccc(Br)o1. The van der Waals surface area contributed by atoms with Crippen LogP contribution in [0.1, 0.15) is 59.8 Å². The van der Waals surface area contributed by atoms with E-state index in [-0.39, 0.29) is 5.91 Å². The highest BCUT2D eigenvalue weighted by molar-refractivity contribution is 9.10. The van der Waals surface area contributed by atoms with Gasteiger partial charge in [0.15, 0.2) is 16.3 Å². The largest absolute Gasteiger partial charge is 0.444 e. The van der Waals surface area contributed by atoms with Crippen LogP contribution in [0.25, 0.3) is 0 Å². The van der Waals surface area contributed by atoms with E-state index in [9.17, 15) is 4.79 Å². The lowest BCUT2D eigenvalue weighted by atomic mass is 10.3. The minimum atomic E-state index is -0.237. The van der Waals surface area contributed by atoms with E-state index >= 15 is 0 Å². The van der Waals surface area contributed by atoms with Crippen molar-refractivity contribution in [1.29, 1.82) is 0 Å². The molecule has 0 aromatic carbocycles. The summed E-state index contributed by atoms with van der Waals surface area (Å²) >= 11 is 3.19. The Hall–Kier alpha value is -1.63. The van der Waals surface area contributed by atoms with Gasteiger partial charge in [-0.3, -0.25) is 4.79 Å². The molecule has 0 spiro atoms. The maximum atomic E-state index is 12.0. The maximum Gasteiger partial charge on any atom is 0.287 e. The summed E-state index contributed by atoms with van der Waals surface area (Å²) in [7, 11) is 0. The molecule has 2 aromatic heterocycles. The molecule has 2 aromatic rings. The number of rotatable bonds is 5. The van der Waals surface area contributed by atoms with Gasteiger partial charge < -0.3 is 14.3 Å². The molecule has 21 heavy (non-hydrogen) atoms. The van der Waals surface area contributed by atoms with Crippen molar-refractivity contribution in [1.82, 2.24) is 20.1 Å². The molecule has 0 unspecified atom stereocenters. The Morgan fingerprint density at radius 1 is 1.33 bits per heavy atom. The highest BCUT2D eigenvalue weighted by Crippen LogP contribution is 2.44. The number of carbonyl (C=O) groups is 1. The van der Waals surface area contributed by atoms with E-state index in [2.05, 4.69) is 36.0 Å². The molecular formula is C14H15BrN4O2. The third-order valence-corrected chi connectivity index (χ3v) is 4.28. The summed E-state index contributed by atoms with van der Waals surface area (Å²) in [4.78, 5) is 12.0. The van der Waals surface area contributed by atoms with Gasteiger partial charge in [-0.1, -0.05) is 0 Å². The molecule has 110 valence electrons. The molecule has 2 aliphatic carbocycles. The first kappa shape index (κ1) is 13.1. The number of furan rings is 1. The van der Waals surface area contributed by atoms with Gasteiger partial charge in [0.2, 0.25) is 0 Å². The summed E-state index contributed by atoms with van der Waals surface area (Å²) in [5.41, 5.74) is 0. The van der Waals surface area contributed by atoms with Gasteiger partial charge >= 0.3 is 0 Å². The zero-order chi connectivity index (χ0) is 14.4. The van der Waals surface area contributed by atoms with Gasteiger partial charge in [-0.05, 0) is 53.7 Å². The van der Waals surface area contributed by atoms with Crippen molar-refractivity contribution in [3.05, 3.63) is 34.2 Å². The molecule has 2 heterocycles. The molecule has 7 heteroatoms. The lowest BCUT2D eigenvalue weighted by Crippen LogP contribution is -2.24. The van der Waals surface area contributed by atoms with Crippen molar-refractivity contribution in [3.8, 4) is 0 Å². The molecule has 6 nitrogen and oxygen atoms in total. The zero-order valence-electron chi connectivity index (χ0n) is 11.4. The van der Waals surface area contributed by atoms with Crippen molar-refractivity contribution in [3.63, 3.8) is 0 Å². The van der Waals surface area contributed by atoms with Gasteiger partial charge in [-0.25, -0.2) is 0 Å². The average molecular weight is 351 g/mol. The van der Waals surface area contributed by atoms with Crippen molar-refractivity contribution in [2.24, 2.45) is 0 Å². The maximum absolute atomic E-state index is 12.0. The van der Waals surface area contributed by atoms with Crippen LogP contribution in [0.3, 0.4) is 0 Å². The van der Waals surface area contributed by atoms with Crippen molar-refractivity contribution >= 4 is 21.8 Å². The molecule has 2 aliphatic rings. The first-order chi connectivity index (χ1) is 10.2. The fourth-order valence-corrected chi connectivity index (χ4v) is 2.80. The average Bonchev–Trinajstić information content (AvgIpc) is 3.40. The van der Waals surface area contributed by atoms with Gasteiger partial charge in [0.05, 0.1) is 6.54 Å². The van der Waals surface area contributed by atoms with Gasteiger partial charge in [0.1, 0.15) is 5.82 Å². The molecule has 2 saturated carbocycles. The number of amides is 1. The summed E-state index contributed by atoms with van der Waals surface area (Å²) < 4.78 is 8.02. The molecule has 0 radical (unpaired) electrons. The lowest BCUT2D eigenvalue weighted by molar-refractivity contribution is 0.0920. The Morgan fingerprint density at radius 2 is 2.14 bits per heavy atom. The number of halogens is 1. The van der Waals surface area contributed by atoms with Crippen LogP contribution in [0.15, 0.2) is 21.2 Å². The predicted molar refractivity (Wildman–Crippen MR) is 77.8 cm³/mol. The molecule has 0 aliphatic heterocycles. The second kappa shape index (κ2) is 4.98. The summed E-state index contributed by atoms with van der Waals surface area (Å²) in [6.07, 6.45) is 4.78. The van der Waals surface area contributed by atoms with Crippen LogP contribution in [0.5, 0.6) is 0 Å². The van der Waals surface area contributed by atoms with E-state index in [1.807, 2.05) is 0 Å². The fraction of sp³-hybridized carbons (Fsp3) is 0.500. The predicted octanol–water partition coefficient (Wildman–Crippen LogP) is 2.78. The summed E-state index contributed by atoms with van der Waals surface area (Å²) in [6, 6.07) is 3.87. The second-order valence-corrected chi connectivity index (χ2v) is 6.42. The first-order valence-corrected chi connectivity index (χ1v) is 7.99. The fourth-order valence-electron chi connectivity index (χ4n) is 2.49. The third kappa shape index (κ3) is 2.62. The Morgan fingerprint density at radius 3 is 2.76 bits per heavy atom. The van der Waals surface area contributed by atoms with Crippen LogP contribution in [0, 0.1) is 0 Å². The summed E-state index contributed by atoms with van der Waals surface area (Å²) in [6.45, 7) is 0.382. The molecule has 1 amide bonds. The van der Waals surface area contributed by atoms with E-state index in [0.29, 0.717) is 28.9 Å². The topological polar surface area (TPSA) is 73.0 Å². The Kier molecular flexibility index (Phi) is 3.10. The van der Waals surface area contributed by atoms with Crippen LogP contribution in [-0.4, -0.2) is 20.7 Å². The van der Waals surface area contributed by atoms with E-state index in [4.69, 9.17) is 4.42 Å². The minimum absolute atomic E-state index is 0.237. The van der Waals surface area contributed by atoms with Crippen molar-refractivity contribution in [2.45, 2.75) is 44.2 Å². The van der Waals surface area contributed by atoms with E-state index in [1.54, 1.807) is 12.1 Å². The van der Waals surface area contributed by atoms with Gasteiger partial charge in [0.25, 0.3) is 5.91 Å². The molecular weight excluding hydrogens is 336 g/mol. The number of hydrogen-bond donors (Lipinski definition) is 1. The van der Waals surface area contributed by atoms with Crippen molar-refractivity contribution < 1.29 is 9.21 Å². The van der Waals surface area contributed by atoms with Gasteiger partial charge in [-0.15, -0.1) is 10.2 Å². The molecule has 4 rings (SSSR count). The van der Waals surface area contributed by atoms with Crippen LogP contribution in [0.2, 0.25) is 0 Å². The number of aromatic nitrogens is 3. The van der Waals surface area contributed by atoms with E-state index in [1.165, 1.54) is 25.7 Å². The minimum Gasteiger partial charge on any atom is -0.444 e. The molecule has 0 bridgehead atoms.